The Morgan fingerprint density at radius 2 is 1.79 bits per heavy atom. The lowest BCUT2D eigenvalue weighted by Gasteiger charge is -2.07. The number of rotatable bonds is 4. The highest BCUT2D eigenvalue weighted by molar-refractivity contribution is 6.15. The molecule has 28 heavy (non-hydrogen) atoms. The maximum Gasteiger partial charge on any atom is 0.199 e. The van der Waals surface area contributed by atoms with E-state index in [0.717, 1.165) is 27.0 Å². The van der Waals surface area contributed by atoms with Crippen LogP contribution in [-0.4, -0.2) is 16.0 Å². The van der Waals surface area contributed by atoms with Crippen LogP contribution in [0.4, 0.5) is 5.82 Å². The molecule has 0 radical (unpaired) electrons. The molecule has 2 aromatic carbocycles. The van der Waals surface area contributed by atoms with E-state index < -0.39 is 0 Å². The van der Waals surface area contributed by atoms with Gasteiger partial charge in [-0.2, -0.15) is 9.83 Å². The Bertz CT molecular complexity index is 1180. The molecule has 0 aliphatic carbocycles. The number of aryl methyl sites for hydroxylation is 1. The summed E-state index contributed by atoms with van der Waals surface area (Å²) >= 11 is 0. The predicted molar refractivity (Wildman–Crippen MR) is 107 cm³/mol. The monoisotopic (exact) mass is 370 g/mol. The second kappa shape index (κ2) is 7.00. The Balaban J connectivity index is 1.77. The van der Waals surface area contributed by atoms with E-state index in [1.165, 1.54) is 12.4 Å². The van der Waals surface area contributed by atoms with E-state index in [4.69, 9.17) is 5.73 Å². The van der Waals surface area contributed by atoms with Crippen LogP contribution in [-0.2, 0) is 0 Å². The van der Waals surface area contributed by atoms with Gasteiger partial charge in [-0.1, -0.05) is 42.0 Å². The highest BCUT2D eigenvalue weighted by atomic mass is 16.5. The number of ketones is 1. The molecule has 4 rings (SSSR count). The van der Waals surface area contributed by atoms with Crippen LogP contribution in [0, 0.1) is 12.1 Å². The molecule has 0 fully saturated rings. The van der Waals surface area contributed by atoms with Gasteiger partial charge in [0.05, 0.1) is 5.56 Å². The molecule has 3 N–H and O–H groups in total. The smallest absolute Gasteiger partial charge is 0.199 e. The van der Waals surface area contributed by atoms with Gasteiger partial charge in [0, 0.05) is 22.8 Å². The lowest BCUT2D eigenvalue weighted by Crippen LogP contribution is -2.23. The van der Waals surface area contributed by atoms with Crippen LogP contribution in [0.25, 0.3) is 22.4 Å². The zero-order chi connectivity index (χ0) is 19.7. The topological polar surface area (TPSA) is 98.7 Å². The van der Waals surface area contributed by atoms with E-state index in [1.807, 2.05) is 43.3 Å². The van der Waals surface area contributed by atoms with E-state index in [0.29, 0.717) is 16.8 Å². The largest absolute Gasteiger partial charge is 0.619 e. The summed E-state index contributed by atoms with van der Waals surface area (Å²) in [5.74, 6) is -0.000410. The van der Waals surface area contributed by atoms with Crippen molar-refractivity contribution < 1.29 is 9.52 Å². The quantitative estimate of drug-likeness (QED) is 0.326. The number of nitrogen functional groups attached to an aromatic ring is 1. The summed E-state index contributed by atoms with van der Waals surface area (Å²) in [5.41, 5.74) is 10.8. The molecule has 6 heteroatoms. The first-order valence-corrected chi connectivity index (χ1v) is 8.78. The fraction of sp³-hybridized carbons (Fsp3) is 0.0455. The Kier molecular flexibility index (Phi) is 4.37. The zero-order valence-electron chi connectivity index (χ0n) is 15.2. The van der Waals surface area contributed by atoms with Crippen LogP contribution in [0.2, 0.25) is 0 Å². The van der Waals surface area contributed by atoms with E-state index in [1.54, 1.807) is 24.3 Å². The molecule has 0 aliphatic heterocycles. The number of benzene rings is 2. The molecule has 0 spiro atoms. The van der Waals surface area contributed by atoms with Gasteiger partial charge in [-0.25, -0.2) is 0 Å². The average Bonchev–Trinajstić information content (AvgIpc) is 3.09. The third-order valence-electron chi connectivity index (χ3n) is 4.55. The Morgan fingerprint density at radius 1 is 1.04 bits per heavy atom. The van der Waals surface area contributed by atoms with Crippen LogP contribution >= 0.6 is 0 Å². The number of hydrogen-bond donors (Lipinski definition) is 2. The number of pyridine rings is 1. The summed E-state index contributed by atoms with van der Waals surface area (Å²) in [6.07, 6.45) is 2.88. The minimum atomic E-state index is -0.226. The molecule has 0 atom stereocenters. The van der Waals surface area contributed by atoms with Gasteiger partial charge in [0.2, 0.25) is 0 Å². The highest BCUT2D eigenvalue weighted by Crippen LogP contribution is 2.29. The minimum Gasteiger partial charge on any atom is -0.619 e. The van der Waals surface area contributed by atoms with E-state index in [2.05, 4.69) is 10.2 Å². The molecular weight excluding hydrogens is 352 g/mol. The van der Waals surface area contributed by atoms with E-state index >= 15 is 0 Å². The van der Waals surface area contributed by atoms with Crippen LogP contribution < -0.4 is 10.5 Å². The standard InChI is InChI=1S/C22H18N4O2/c1-14-5-2-7-16(11-14)20-19(22(23)25-24-20)21(27)17-8-3-6-15(12-17)18-9-4-10-26(28)13-18/h2-13H,1H3,(H3,23,24,25). The summed E-state index contributed by atoms with van der Waals surface area (Å²) in [6.45, 7) is 1.98. The fourth-order valence-corrected chi connectivity index (χ4v) is 3.20. The number of nitrogens with zero attached hydrogens (tertiary/aromatic N) is 2. The molecule has 2 aromatic heterocycles. The number of hydrogen-bond acceptors (Lipinski definition) is 4. The fourth-order valence-electron chi connectivity index (χ4n) is 3.20. The molecule has 2 heterocycles. The summed E-state index contributed by atoms with van der Waals surface area (Å²) in [4.78, 5) is 13.3. The van der Waals surface area contributed by atoms with Crippen molar-refractivity contribution in [1.29, 1.82) is 0 Å². The third-order valence-corrected chi connectivity index (χ3v) is 4.55. The van der Waals surface area contributed by atoms with Gasteiger partial charge in [0.25, 0.3) is 0 Å². The molecule has 0 amide bonds. The van der Waals surface area contributed by atoms with Gasteiger partial charge in [0.15, 0.2) is 18.2 Å². The summed E-state index contributed by atoms with van der Waals surface area (Å²) < 4.78 is 0.730. The first kappa shape index (κ1) is 17.5. The SMILES string of the molecule is Cc1cccc(-c2n[nH]c(N)c2C(=O)c2cccc(-c3ccc[n+]([O-])c3)c2)c1. The summed E-state index contributed by atoms with van der Waals surface area (Å²) in [5, 5.41) is 18.5. The molecule has 4 aromatic rings. The number of aromatic nitrogens is 3. The molecule has 0 aliphatic rings. The van der Waals surface area contributed by atoms with Crippen molar-refractivity contribution in [3.05, 3.63) is 95.0 Å². The second-order valence-electron chi connectivity index (χ2n) is 6.59. The van der Waals surface area contributed by atoms with Crippen molar-refractivity contribution in [2.75, 3.05) is 5.73 Å². The summed E-state index contributed by atoms with van der Waals surface area (Å²) in [6, 6.07) is 18.4. The van der Waals surface area contributed by atoms with Crippen LogP contribution in [0.5, 0.6) is 0 Å². The van der Waals surface area contributed by atoms with Gasteiger partial charge in [-0.15, -0.1) is 0 Å². The normalized spacial score (nSPS) is 10.8. The second-order valence-corrected chi connectivity index (χ2v) is 6.59. The lowest BCUT2D eigenvalue weighted by atomic mass is 9.96. The number of nitrogens with one attached hydrogen (secondary N) is 1. The van der Waals surface area contributed by atoms with Gasteiger partial charge in [-0.05, 0) is 30.7 Å². The molecule has 0 saturated heterocycles. The zero-order valence-corrected chi connectivity index (χ0v) is 15.2. The van der Waals surface area contributed by atoms with Gasteiger partial charge in [-0.3, -0.25) is 9.89 Å². The average molecular weight is 370 g/mol. The Hall–Kier alpha value is -3.93. The molecular formula is C22H18N4O2. The highest BCUT2D eigenvalue weighted by Gasteiger charge is 2.22. The molecule has 0 saturated carbocycles. The number of anilines is 1. The first-order valence-electron chi connectivity index (χ1n) is 8.78. The van der Waals surface area contributed by atoms with Crippen molar-refractivity contribution in [3.8, 4) is 22.4 Å². The van der Waals surface area contributed by atoms with Crippen molar-refractivity contribution in [2.24, 2.45) is 0 Å². The van der Waals surface area contributed by atoms with Crippen molar-refractivity contribution in [3.63, 3.8) is 0 Å². The predicted octanol–water partition coefficient (Wildman–Crippen LogP) is 3.50. The van der Waals surface area contributed by atoms with Crippen LogP contribution in [0.1, 0.15) is 21.5 Å². The third kappa shape index (κ3) is 3.23. The first-order chi connectivity index (χ1) is 13.5. The number of carbonyl (C=O) groups is 1. The number of aromatic amines is 1. The van der Waals surface area contributed by atoms with Crippen molar-refractivity contribution in [2.45, 2.75) is 6.92 Å². The number of H-pyrrole nitrogens is 1. The Labute approximate surface area is 161 Å². The minimum absolute atomic E-state index is 0.226. The van der Waals surface area contributed by atoms with E-state index in [-0.39, 0.29) is 11.6 Å². The molecule has 0 unspecified atom stereocenters. The van der Waals surface area contributed by atoms with Crippen LogP contribution in [0.3, 0.4) is 0 Å². The van der Waals surface area contributed by atoms with E-state index in [9.17, 15) is 10.0 Å². The number of nitrogens with two attached hydrogens (primary N) is 1. The van der Waals surface area contributed by atoms with Gasteiger partial charge >= 0.3 is 0 Å². The molecule has 0 bridgehead atoms. The Morgan fingerprint density at radius 3 is 2.57 bits per heavy atom. The van der Waals surface area contributed by atoms with Crippen molar-refractivity contribution in [1.82, 2.24) is 10.2 Å². The van der Waals surface area contributed by atoms with Gasteiger partial charge in [0.1, 0.15) is 11.5 Å². The maximum absolute atomic E-state index is 13.3. The number of carbonyl (C=O) groups excluding carboxylic acids is 1. The maximum atomic E-state index is 13.3. The lowest BCUT2D eigenvalue weighted by molar-refractivity contribution is -0.604. The van der Waals surface area contributed by atoms with Crippen LogP contribution in [0.15, 0.2) is 73.1 Å². The summed E-state index contributed by atoms with van der Waals surface area (Å²) in [7, 11) is 0. The molecule has 6 nitrogen and oxygen atoms in total. The van der Waals surface area contributed by atoms with Gasteiger partial charge < -0.3 is 10.9 Å². The molecule has 138 valence electrons. The van der Waals surface area contributed by atoms with Crippen molar-refractivity contribution >= 4 is 11.6 Å².